The number of benzene rings is 1. The number of nitrogens with zero attached hydrogens (tertiary/aromatic N) is 3. The first-order valence-electron chi connectivity index (χ1n) is 5.81. The van der Waals surface area contributed by atoms with Crippen molar-refractivity contribution in [1.82, 2.24) is 15.0 Å². The van der Waals surface area contributed by atoms with E-state index in [2.05, 4.69) is 33.2 Å². The summed E-state index contributed by atoms with van der Waals surface area (Å²) in [5, 5.41) is 3.35. The van der Waals surface area contributed by atoms with Crippen LogP contribution in [-0.4, -0.2) is 15.0 Å². The van der Waals surface area contributed by atoms with Crippen LogP contribution in [-0.2, 0) is 0 Å². The summed E-state index contributed by atoms with van der Waals surface area (Å²) in [6, 6.07) is 14.1. The fourth-order valence-electron chi connectivity index (χ4n) is 2.27. The predicted octanol–water partition coefficient (Wildman–Crippen LogP) is 3.33. The van der Waals surface area contributed by atoms with E-state index in [1.165, 1.54) is 5.39 Å². The Morgan fingerprint density at radius 3 is 2.72 bits per heavy atom. The quantitative estimate of drug-likeness (QED) is 0.344. The molecule has 0 bridgehead atoms. The van der Waals surface area contributed by atoms with Crippen LogP contribution in [0.5, 0.6) is 0 Å². The summed E-state index contributed by atoms with van der Waals surface area (Å²) in [6.45, 7) is 0. The van der Waals surface area contributed by atoms with Gasteiger partial charge < -0.3 is 0 Å². The van der Waals surface area contributed by atoms with Gasteiger partial charge in [-0.3, -0.25) is 4.98 Å². The molecule has 3 aromatic heterocycles. The molecule has 0 fully saturated rings. The Hall–Kier alpha value is -2.55. The van der Waals surface area contributed by atoms with Crippen molar-refractivity contribution in [2.75, 3.05) is 0 Å². The third-order valence-corrected chi connectivity index (χ3v) is 3.14. The summed E-state index contributed by atoms with van der Waals surface area (Å²) in [4.78, 5) is 13.3. The molecule has 0 radical (unpaired) electrons. The third kappa shape index (κ3) is 1.27. The third-order valence-electron chi connectivity index (χ3n) is 3.14. The largest absolute Gasteiger partial charge is 0.255 e. The van der Waals surface area contributed by atoms with Crippen LogP contribution in [0.1, 0.15) is 0 Å². The number of aromatic nitrogens is 3. The Balaban J connectivity index is 2.27. The molecule has 4 aromatic rings. The molecule has 0 atom stereocenters. The highest BCUT2D eigenvalue weighted by Gasteiger charge is 2.04. The van der Waals surface area contributed by atoms with Crippen molar-refractivity contribution in [3.05, 3.63) is 54.9 Å². The van der Waals surface area contributed by atoms with Gasteiger partial charge in [0.1, 0.15) is 0 Å². The van der Waals surface area contributed by atoms with Crippen molar-refractivity contribution in [3.8, 4) is 0 Å². The van der Waals surface area contributed by atoms with Gasteiger partial charge in [0, 0.05) is 23.2 Å². The number of rotatable bonds is 0. The van der Waals surface area contributed by atoms with Gasteiger partial charge in [0.15, 0.2) is 5.65 Å². The molecule has 0 N–H and O–H groups in total. The molecule has 3 heterocycles. The standard InChI is InChI=1S/C15H9N3/c1-2-5-11-10(4-1)9-17-15-12(11)8-14-13(18-15)6-3-7-16-14/h1-9H. The van der Waals surface area contributed by atoms with E-state index in [9.17, 15) is 0 Å². The molecule has 84 valence electrons. The summed E-state index contributed by atoms with van der Waals surface area (Å²) in [7, 11) is 0. The summed E-state index contributed by atoms with van der Waals surface area (Å²) < 4.78 is 0. The Morgan fingerprint density at radius 2 is 1.72 bits per heavy atom. The molecule has 0 unspecified atom stereocenters. The molecular weight excluding hydrogens is 222 g/mol. The second kappa shape index (κ2) is 3.47. The normalized spacial score (nSPS) is 11.3. The molecule has 0 aliphatic rings. The summed E-state index contributed by atoms with van der Waals surface area (Å²) in [5.74, 6) is 0. The average Bonchev–Trinajstić information content (AvgIpc) is 2.45. The molecule has 0 saturated heterocycles. The molecule has 3 heteroatoms. The summed E-state index contributed by atoms with van der Waals surface area (Å²) in [6.07, 6.45) is 3.65. The number of pyridine rings is 3. The second-order valence-electron chi connectivity index (χ2n) is 4.25. The first-order valence-corrected chi connectivity index (χ1v) is 5.81. The zero-order valence-electron chi connectivity index (χ0n) is 9.54. The number of hydrogen-bond donors (Lipinski definition) is 0. The van der Waals surface area contributed by atoms with E-state index >= 15 is 0 Å². The van der Waals surface area contributed by atoms with E-state index in [0.717, 1.165) is 27.5 Å². The molecule has 3 nitrogen and oxygen atoms in total. The molecule has 18 heavy (non-hydrogen) atoms. The maximum atomic E-state index is 4.55. The van der Waals surface area contributed by atoms with E-state index in [1.54, 1.807) is 6.20 Å². The zero-order chi connectivity index (χ0) is 11.9. The van der Waals surface area contributed by atoms with Crippen LogP contribution in [0.25, 0.3) is 32.8 Å². The lowest BCUT2D eigenvalue weighted by Gasteiger charge is -2.03. The van der Waals surface area contributed by atoms with Gasteiger partial charge in [-0.25, -0.2) is 9.97 Å². The van der Waals surface area contributed by atoms with Gasteiger partial charge in [0.05, 0.1) is 11.0 Å². The highest BCUT2D eigenvalue weighted by atomic mass is 14.9. The lowest BCUT2D eigenvalue weighted by Crippen LogP contribution is -1.88. The minimum atomic E-state index is 0.772. The first kappa shape index (κ1) is 9.48. The van der Waals surface area contributed by atoms with Crippen molar-refractivity contribution in [1.29, 1.82) is 0 Å². The van der Waals surface area contributed by atoms with E-state index in [4.69, 9.17) is 0 Å². The zero-order valence-corrected chi connectivity index (χ0v) is 9.54. The molecular formula is C15H9N3. The fraction of sp³-hybridized carbons (Fsp3) is 0. The summed E-state index contributed by atoms with van der Waals surface area (Å²) in [5.41, 5.74) is 2.56. The summed E-state index contributed by atoms with van der Waals surface area (Å²) >= 11 is 0. The fourth-order valence-corrected chi connectivity index (χ4v) is 2.27. The molecule has 0 amide bonds. The van der Waals surface area contributed by atoms with Crippen molar-refractivity contribution >= 4 is 32.8 Å². The highest BCUT2D eigenvalue weighted by Crippen LogP contribution is 2.24. The molecule has 0 aliphatic carbocycles. The SMILES string of the molecule is c1ccc2c(c1)cnc1nc3cccnc3cc12. The molecule has 0 spiro atoms. The minimum Gasteiger partial charge on any atom is -0.255 e. The van der Waals surface area contributed by atoms with Gasteiger partial charge in [-0.1, -0.05) is 24.3 Å². The van der Waals surface area contributed by atoms with Crippen molar-refractivity contribution in [2.24, 2.45) is 0 Å². The van der Waals surface area contributed by atoms with Gasteiger partial charge in [-0.05, 0) is 23.6 Å². The van der Waals surface area contributed by atoms with Crippen LogP contribution in [0.2, 0.25) is 0 Å². The van der Waals surface area contributed by atoms with Gasteiger partial charge in [0.2, 0.25) is 0 Å². The predicted molar refractivity (Wildman–Crippen MR) is 72.3 cm³/mol. The first-order chi connectivity index (χ1) is 8.92. The average molecular weight is 231 g/mol. The van der Waals surface area contributed by atoms with Crippen molar-refractivity contribution < 1.29 is 0 Å². The maximum Gasteiger partial charge on any atom is 0.160 e. The molecule has 0 aliphatic heterocycles. The van der Waals surface area contributed by atoms with Crippen LogP contribution in [0.4, 0.5) is 0 Å². The van der Waals surface area contributed by atoms with Crippen LogP contribution >= 0.6 is 0 Å². The van der Waals surface area contributed by atoms with Crippen molar-refractivity contribution in [2.45, 2.75) is 0 Å². The lowest BCUT2D eigenvalue weighted by atomic mass is 10.1. The maximum absolute atomic E-state index is 4.55. The van der Waals surface area contributed by atoms with Crippen molar-refractivity contribution in [3.63, 3.8) is 0 Å². The molecule has 1 aromatic carbocycles. The van der Waals surface area contributed by atoms with E-state index in [1.807, 2.05) is 30.5 Å². The van der Waals surface area contributed by atoms with Gasteiger partial charge in [-0.15, -0.1) is 0 Å². The second-order valence-corrected chi connectivity index (χ2v) is 4.25. The monoisotopic (exact) mass is 231 g/mol. The topological polar surface area (TPSA) is 38.7 Å². The minimum absolute atomic E-state index is 0.772. The van der Waals surface area contributed by atoms with E-state index in [0.29, 0.717) is 0 Å². The smallest absolute Gasteiger partial charge is 0.160 e. The number of fused-ring (bicyclic) bond motifs is 4. The lowest BCUT2D eigenvalue weighted by molar-refractivity contribution is 1.32. The molecule has 4 rings (SSSR count). The number of hydrogen-bond acceptors (Lipinski definition) is 3. The highest BCUT2D eigenvalue weighted by molar-refractivity contribution is 6.07. The van der Waals surface area contributed by atoms with Gasteiger partial charge >= 0.3 is 0 Å². The van der Waals surface area contributed by atoms with E-state index in [-0.39, 0.29) is 0 Å². The van der Waals surface area contributed by atoms with Gasteiger partial charge in [-0.2, -0.15) is 0 Å². The molecule has 0 saturated carbocycles. The Kier molecular flexibility index (Phi) is 1.83. The Morgan fingerprint density at radius 1 is 0.778 bits per heavy atom. The van der Waals surface area contributed by atoms with Gasteiger partial charge in [0.25, 0.3) is 0 Å². The van der Waals surface area contributed by atoms with Crippen LogP contribution in [0.3, 0.4) is 0 Å². The van der Waals surface area contributed by atoms with Crippen LogP contribution in [0, 0.1) is 0 Å². The Bertz CT molecular complexity index is 878. The van der Waals surface area contributed by atoms with Crippen LogP contribution < -0.4 is 0 Å². The Labute approximate surface area is 103 Å². The van der Waals surface area contributed by atoms with E-state index < -0.39 is 0 Å². The van der Waals surface area contributed by atoms with Crippen LogP contribution in [0.15, 0.2) is 54.9 Å².